The van der Waals surface area contributed by atoms with Gasteiger partial charge in [0.05, 0.1) is 26.9 Å². The van der Waals surface area contributed by atoms with Gasteiger partial charge in [0, 0.05) is 13.1 Å². The average molecular weight is 447 g/mol. The van der Waals surface area contributed by atoms with Gasteiger partial charge in [0.1, 0.15) is 6.54 Å². The smallest absolute Gasteiger partial charge is 0.248 e. The summed E-state index contributed by atoms with van der Waals surface area (Å²) >= 11 is 3.50. The molecule has 0 saturated carbocycles. The maximum absolute atomic E-state index is 12.7. The number of hydrogen-bond donors (Lipinski definition) is 1. The number of aromatic nitrogens is 4. The normalized spacial score (nSPS) is 11.5. The summed E-state index contributed by atoms with van der Waals surface area (Å²) < 4.78 is 4.73. The molecule has 2 heterocycles. The Morgan fingerprint density at radius 1 is 1.21 bits per heavy atom. The largest absolute Gasteiger partial charge is 0.309 e. The van der Waals surface area contributed by atoms with Crippen molar-refractivity contribution in [3.8, 4) is 0 Å². The highest BCUT2D eigenvalue weighted by Crippen LogP contribution is 2.21. The van der Waals surface area contributed by atoms with Crippen molar-refractivity contribution in [3.63, 3.8) is 0 Å². The molecule has 1 amide bonds. The summed E-state index contributed by atoms with van der Waals surface area (Å²) in [5.74, 6) is 0.441. The number of nitrogens with zero attached hydrogens (tertiary/aromatic N) is 5. The maximum Gasteiger partial charge on any atom is 0.248 e. The summed E-state index contributed by atoms with van der Waals surface area (Å²) in [5.41, 5.74) is 3.71. The summed E-state index contributed by atoms with van der Waals surface area (Å²) in [6, 6.07) is 7.97. The number of halogens is 1. The van der Waals surface area contributed by atoms with Crippen molar-refractivity contribution in [3.05, 3.63) is 40.1 Å². The summed E-state index contributed by atoms with van der Waals surface area (Å²) in [6.45, 7) is 12.0. The SMILES string of the molecule is CCN(CC)CCn1c(NC(=O)Cn2nc(C)c(Br)c2C)nc2ccccc21. The second-order valence-electron chi connectivity index (χ2n) is 6.79. The highest BCUT2D eigenvalue weighted by Gasteiger charge is 2.16. The van der Waals surface area contributed by atoms with Crippen molar-refractivity contribution in [1.29, 1.82) is 0 Å². The van der Waals surface area contributed by atoms with Gasteiger partial charge in [0.15, 0.2) is 0 Å². The fourth-order valence-corrected chi connectivity index (χ4v) is 3.59. The van der Waals surface area contributed by atoms with Crippen molar-refractivity contribution in [1.82, 2.24) is 24.2 Å². The van der Waals surface area contributed by atoms with Gasteiger partial charge in [-0.25, -0.2) is 4.98 Å². The van der Waals surface area contributed by atoms with Crippen molar-refractivity contribution in [2.75, 3.05) is 25.0 Å². The first-order chi connectivity index (χ1) is 13.4. The van der Waals surface area contributed by atoms with Crippen molar-refractivity contribution < 1.29 is 4.79 Å². The third-order valence-corrected chi connectivity index (χ3v) is 6.17. The number of para-hydroxylation sites is 2. The van der Waals surface area contributed by atoms with Crippen LogP contribution in [0.5, 0.6) is 0 Å². The Labute approximate surface area is 173 Å². The van der Waals surface area contributed by atoms with E-state index >= 15 is 0 Å². The number of likely N-dealkylation sites (N-methyl/N-ethyl adjacent to an activating group) is 1. The first-order valence-electron chi connectivity index (χ1n) is 9.61. The molecule has 1 N–H and O–H groups in total. The number of hydrogen-bond acceptors (Lipinski definition) is 4. The zero-order valence-electron chi connectivity index (χ0n) is 16.9. The van der Waals surface area contributed by atoms with Crippen LogP contribution in [0.15, 0.2) is 28.7 Å². The van der Waals surface area contributed by atoms with E-state index in [1.54, 1.807) is 4.68 Å². The molecule has 0 spiro atoms. The third-order valence-electron chi connectivity index (χ3n) is 5.03. The lowest BCUT2D eigenvalue weighted by Crippen LogP contribution is -2.28. The Bertz CT molecular complexity index is 973. The molecule has 8 heteroatoms. The molecule has 150 valence electrons. The van der Waals surface area contributed by atoms with Gasteiger partial charge in [-0.15, -0.1) is 0 Å². The Balaban J connectivity index is 1.82. The number of amides is 1. The number of nitrogens with one attached hydrogen (secondary N) is 1. The van der Waals surface area contributed by atoms with Crippen LogP contribution in [-0.4, -0.2) is 49.8 Å². The molecule has 0 atom stereocenters. The molecule has 0 aliphatic rings. The predicted octanol–water partition coefficient (Wildman–Crippen LogP) is 3.59. The first kappa shape index (κ1) is 20.5. The summed E-state index contributed by atoms with van der Waals surface area (Å²) in [4.78, 5) is 19.7. The number of anilines is 1. The maximum atomic E-state index is 12.7. The van der Waals surface area contributed by atoms with Crippen LogP contribution in [0.1, 0.15) is 25.2 Å². The molecule has 7 nitrogen and oxygen atoms in total. The Morgan fingerprint density at radius 2 is 1.93 bits per heavy atom. The van der Waals surface area contributed by atoms with E-state index in [0.29, 0.717) is 5.95 Å². The molecule has 1 aromatic carbocycles. The van der Waals surface area contributed by atoms with E-state index in [1.807, 2.05) is 38.1 Å². The molecule has 0 unspecified atom stereocenters. The predicted molar refractivity (Wildman–Crippen MR) is 116 cm³/mol. The number of carbonyl (C=O) groups excluding carboxylic acids is 1. The molecule has 0 radical (unpaired) electrons. The lowest BCUT2D eigenvalue weighted by atomic mass is 10.3. The number of imidazole rings is 1. The number of fused-ring (bicyclic) bond motifs is 1. The number of benzene rings is 1. The second-order valence-corrected chi connectivity index (χ2v) is 7.59. The van der Waals surface area contributed by atoms with Crippen LogP contribution in [0.3, 0.4) is 0 Å². The highest BCUT2D eigenvalue weighted by atomic mass is 79.9. The van der Waals surface area contributed by atoms with Crippen molar-refractivity contribution >= 4 is 38.8 Å². The molecular weight excluding hydrogens is 420 g/mol. The van der Waals surface area contributed by atoms with E-state index < -0.39 is 0 Å². The lowest BCUT2D eigenvalue weighted by molar-refractivity contribution is -0.117. The molecular formula is C20H27BrN6O. The van der Waals surface area contributed by atoms with Gasteiger partial charge in [-0.1, -0.05) is 26.0 Å². The van der Waals surface area contributed by atoms with Crippen LogP contribution in [0.2, 0.25) is 0 Å². The van der Waals surface area contributed by atoms with Crippen LogP contribution in [0, 0.1) is 13.8 Å². The minimum atomic E-state index is -0.141. The van der Waals surface area contributed by atoms with Gasteiger partial charge in [-0.2, -0.15) is 5.10 Å². The molecule has 0 saturated heterocycles. The topological polar surface area (TPSA) is 68.0 Å². The van der Waals surface area contributed by atoms with Gasteiger partial charge in [0.2, 0.25) is 11.9 Å². The molecule has 0 bridgehead atoms. The number of rotatable bonds is 8. The molecule has 28 heavy (non-hydrogen) atoms. The number of carbonyl (C=O) groups is 1. The van der Waals surface area contributed by atoms with Gasteiger partial charge >= 0.3 is 0 Å². The monoisotopic (exact) mass is 446 g/mol. The van der Waals surface area contributed by atoms with E-state index in [9.17, 15) is 4.79 Å². The Hall–Kier alpha value is -2.19. The van der Waals surface area contributed by atoms with Crippen LogP contribution in [0.25, 0.3) is 11.0 Å². The first-order valence-corrected chi connectivity index (χ1v) is 10.4. The molecule has 0 aliphatic heterocycles. The second kappa shape index (κ2) is 8.87. The average Bonchev–Trinajstić information content (AvgIpc) is 3.14. The molecule has 0 fully saturated rings. The Morgan fingerprint density at radius 3 is 2.57 bits per heavy atom. The van der Waals surface area contributed by atoms with E-state index in [-0.39, 0.29) is 12.5 Å². The zero-order chi connectivity index (χ0) is 20.3. The zero-order valence-corrected chi connectivity index (χ0v) is 18.5. The van der Waals surface area contributed by atoms with Crippen LogP contribution < -0.4 is 5.32 Å². The van der Waals surface area contributed by atoms with Crippen LogP contribution in [0.4, 0.5) is 5.95 Å². The summed E-state index contributed by atoms with van der Waals surface area (Å²) in [5, 5.41) is 7.40. The van der Waals surface area contributed by atoms with Crippen LogP contribution >= 0.6 is 15.9 Å². The van der Waals surface area contributed by atoms with Gasteiger partial charge in [0.25, 0.3) is 0 Å². The fourth-order valence-electron chi connectivity index (χ4n) is 3.31. The molecule has 3 aromatic rings. The minimum absolute atomic E-state index is 0.141. The fraction of sp³-hybridized carbons (Fsp3) is 0.450. The lowest BCUT2D eigenvalue weighted by Gasteiger charge is -2.19. The number of aryl methyl sites for hydroxylation is 1. The van der Waals surface area contributed by atoms with E-state index in [2.05, 4.69) is 54.6 Å². The van der Waals surface area contributed by atoms with Crippen molar-refractivity contribution in [2.45, 2.75) is 40.8 Å². The standard InChI is InChI=1S/C20H27BrN6O/c1-5-25(6-2)11-12-26-17-10-8-7-9-16(17)22-20(26)23-18(28)13-27-15(4)19(21)14(3)24-27/h7-10H,5-6,11-13H2,1-4H3,(H,22,23,28). The summed E-state index contributed by atoms with van der Waals surface area (Å²) in [7, 11) is 0. The van der Waals surface area contributed by atoms with Crippen molar-refractivity contribution in [2.24, 2.45) is 0 Å². The molecule has 0 aliphatic carbocycles. The Kier molecular flexibility index (Phi) is 6.51. The van der Waals surface area contributed by atoms with Gasteiger partial charge < -0.3 is 9.47 Å². The minimum Gasteiger partial charge on any atom is -0.309 e. The van der Waals surface area contributed by atoms with Crippen LogP contribution in [-0.2, 0) is 17.9 Å². The van der Waals surface area contributed by atoms with Gasteiger partial charge in [-0.05, 0) is 55.0 Å². The molecule has 2 aromatic heterocycles. The third kappa shape index (κ3) is 4.28. The van der Waals surface area contributed by atoms with E-state index in [4.69, 9.17) is 0 Å². The van der Waals surface area contributed by atoms with E-state index in [1.165, 1.54) is 0 Å². The molecule has 3 rings (SSSR count). The van der Waals surface area contributed by atoms with Gasteiger partial charge in [-0.3, -0.25) is 14.8 Å². The quantitative estimate of drug-likeness (QED) is 0.573. The summed E-state index contributed by atoms with van der Waals surface area (Å²) in [6.07, 6.45) is 0. The highest BCUT2D eigenvalue weighted by molar-refractivity contribution is 9.10. The van der Waals surface area contributed by atoms with E-state index in [0.717, 1.165) is 53.1 Å².